The molecule has 2 aromatic rings. The highest BCUT2D eigenvalue weighted by molar-refractivity contribution is 7.80. The predicted molar refractivity (Wildman–Crippen MR) is 104 cm³/mol. The second-order valence-corrected chi connectivity index (χ2v) is 5.81. The highest BCUT2D eigenvalue weighted by Crippen LogP contribution is 2.21. The lowest BCUT2D eigenvalue weighted by Gasteiger charge is -2.04. The number of unbranched alkanes of at least 4 members (excludes halogenated alkanes) is 1. The summed E-state index contributed by atoms with van der Waals surface area (Å²) in [5, 5.41) is 11.3. The molecule has 2 rings (SSSR count). The molecule has 5 nitrogen and oxygen atoms in total. The van der Waals surface area contributed by atoms with Gasteiger partial charge in [0.15, 0.2) is 0 Å². The van der Waals surface area contributed by atoms with Crippen LogP contribution in [0.25, 0.3) is 0 Å². The second-order valence-electron chi connectivity index (χ2n) is 5.36. The lowest BCUT2D eigenvalue weighted by Crippen LogP contribution is -2.24. The molecule has 0 spiro atoms. The number of nitrogens with one attached hydrogen (secondary N) is 1. The summed E-state index contributed by atoms with van der Waals surface area (Å²) in [6.45, 7) is 3.24. The first kappa shape index (κ1) is 19.0. The van der Waals surface area contributed by atoms with Gasteiger partial charge in [-0.25, -0.2) is 0 Å². The Morgan fingerprint density at radius 1 is 1.00 bits per heavy atom. The van der Waals surface area contributed by atoms with Gasteiger partial charge >= 0.3 is 0 Å². The number of hydrogen-bond acceptors (Lipinski definition) is 5. The lowest BCUT2D eigenvalue weighted by atomic mass is 10.2. The Labute approximate surface area is 153 Å². The number of hydrogen-bond donors (Lipinski definition) is 2. The molecule has 1 N–H and O–H groups in total. The second kappa shape index (κ2) is 10.5. The number of ether oxygens (including phenoxy) is 1. The van der Waals surface area contributed by atoms with Gasteiger partial charge in [-0.3, -0.25) is 4.79 Å². The predicted octanol–water partition coefficient (Wildman–Crippen LogP) is 4.94. The van der Waals surface area contributed by atoms with E-state index in [2.05, 4.69) is 28.2 Å². The SMILES string of the molecule is CCOc1ccc(N=Nc2ccc(C(=O)NCCCCS)cc2)cc1. The first-order valence-electron chi connectivity index (χ1n) is 8.36. The van der Waals surface area contributed by atoms with Crippen LogP contribution in [-0.2, 0) is 0 Å². The summed E-state index contributed by atoms with van der Waals surface area (Å²) in [6, 6.07) is 14.5. The van der Waals surface area contributed by atoms with Crippen molar-refractivity contribution >= 4 is 29.9 Å². The van der Waals surface area contributed by atoms with Crippen LogP contribution in [0.5, 0.6) is 5.75 Å². The van der Waals surface area contributed by atoms with Gasteiger partial charge < -0.3 is 10.1 Å². The highest BCUT2D eigenvalue weighted by atomic mass is 32.1. The average molecular weight is 357 g/mol. The zero-order valence-electron chi connectivity index (χ0n) is 14.3. The maximum atomic E-state index is 12.0. The standard InChI is InChI=1S/C19H23N3O2S/c1-2-24-18-11-9-17(10-12-18)22-21-16-7-5-15(6-8-16)19(23)20-13-3-4-14-25/h5-12,25H,2-4,13-14H2,1H3,(H,20,23). The third-order valence-electron chi connectivity index (χ3n) is 3.43. The van der Waals surface area contributed by atoms with Gasteiger partial charge in [0.05, 0.1) is 18.0 Å². The number of nitrogens with zero attached hydrogens (tertiary/aromatic N) is 2. The third-order valence-corrected chi connectivity index (χ3v) is 3.74. The van der Waals surface area contributed by atoms with E-state index < -0.39 is 0 Å². The number of amides is 1. The van der Waals surface area contributed by atoms with Crippen molar-refractivity contribution in [1.29, 1.82) is 0 Å². The molecule has 0 fully saturated rings. The maximum absolute atomic E-state index is 12.0. The average Bonchev–Trinajstić information content (AvgIpc) is 2.65. The molecule has 0 unspecified atom stereocenters. The van der Waals surface area contributed by atoms with Gasteiger partial charge in [-0.2, -0.15) is 22.9 Å². The molecule has 0 saturated heterocycles. The molecule has 0 atom stereocenters. The molecule has 0 aliphatic rings. The van der Waals surface area contributed by atoms with Gasteiger partial charge in [0.1, 0.15) is 5.75 Å². The number of carbonyl (C=O) groups is 1. The number of benzene rings is 2. The molecule has 6 heteroatoms. The van der Waals surface area contributed by atoms with Crippen LogP contribution >= 0.6 is 12.6 Å². The van der Waals surface area contributed by atoms with Crippen molar-refractivity contribution in [2.45, 2.75) is 19.8 Å². The fourth-order valence-corrected chi connectivity index (χ4v) is 2.34. The van der Waals surface area contributed by atoms with E-state index in [1.54, 1.807) is 24.3 Å². The Bertz CT molecular complexity index is 685. The number of carbonyl (C=O) groups excluding carboxylic acids is 1. The molecule has 0 aliphatic carbocycles. The molecule has 25 heavy (non-hydrogen) atoms. The van der Waals surface area contributed by atoms with E-state index in [0.29, 0.717) is 24.4 Å². The van der Waals surface area contributed by atoms with Crippen LogP contribution in [0.3, 0.4) is 0 Å². The molecular weight excluding hydrogens is 334 g/mol. The van der Waals surface area contributed by atoms with Crippen molar-refractivity contribution in [3.63, 3.8) is 0 Å². The van der Waals surface area contributed by atoms with Crippen LogP contribution < -0.4 is 10.1 Å². The summed E-state index contributed by atoms with van der Waals surface area (Å²) >= 11 is 4.15. The van der Waals surface area contributed by atoms with E-state index in [9.17, 15) is 4.79 Å². The van der Waals surface area contributed by atoms with Gasteiger partial charge in [-0.05, 0) is 74.0 Å². The van der Waals surface area contributed by atoms with Gasteiger partial charge in [-0.15, -0.1) is 0 Å². The van der Waals surface area contributed by atoms with E-state index in [-0.39, 0.29) is 5.91 Å². The fraction of sp³-hybridized carbons (Fsp3) is 0.316. The molecule has 0 aromatic heterocycles. The van der Waals surface area contributed by atoms with Crippen molar-refractivity contribution < 1.29 is 9.53 Å². The Morgan fingerprint density at radius 2 is 1.60 bits per heavy atom. The van der Waals surface area contributed by atoms with Gasteiger partial charge in [0.2, 0.25) is 0 Å². The van der Waals surface area contributed by atoms with Crippen molar-refractivity contribution in [3.8, 4) is 5.75 Å². The molecule has 0 heterocycles. The number of azo groups is 1. The maximum Gasteiger partial charge on any atom is 0.251 e. The Morgan fingerprint density at radius 3 is 2.16 bits per heavy atom. The summed E-state index contributed by atoms with van der Waals surface area (Å²) in [7, 11) is 0. The van der Waals surface area contributed by atoms with Crippen LogP contribution in [0.2, 0.25) is 0 Å². The van der Waals surface area contributed by atoms with Crippen LogP contribution in [0, 0.1) is 0 Å². The van der Waals surface area contributed by atoms with Crippen LogP contribution in [0.1, 0.15) is 30.1 Å². The lowest BCUT2D eigenvalue weighted by molar-refractivity contribution is 0.0953. The Kier molecular flexibility index (Phi) is 7.98. The summed E-state index contributed by atoms with van der Waals surface area (Å²) in [6.07, 6.45) is 1.93. The molecule has 0 radical (unpaired) electrons. The van der Waals surface area contributed by atoms with Crippen molar-refractivity contribution in [3.05, 3.63) is 54.1 Å². The van der Waals surface area contributed by atoms with Gasteiger partial charge in [-0.1, -0.05) is 0 Å². The van der Waals surface area contributed by atoms with E-state index in [1.165, 1.54) is 0 Å². The van der Waals surface area contributed by atoms with E-state index in [0.717, 1.165) is 30.0 Å². The van der Waals surface area contributed by atoms with E-state index in [4.69, 9.17) is 4.74 Å². The molecule has 2 aromatic carbocycles. The largest absolute Gasteiger partial charge is 0.494 e. The quantitative estimate of drug-likeness (QED) is 0.379. The minimum atomic E-state index is -0.0748. The molecule has 0 aliphatic heterocycles. The minimum absolute atomic E-state index is 0.0748. The Hall–Kier alpha value is -2.34. The topological polar surface area (TPSA) is 63.1 Å². The molecule has 0 saturated carbocycles. The monoisotopic (exact) mass is 357 g/mol. The molecule has 1 amide bonds. The van der Waals surface area contributed by atoms with Crippen molar-refractivity contribution in [2.75, 3.05) is 18.9 Å². The van der Waals surface area contributed by atoms with Crippen LogP contribution in [0.4, 0.5) is 11.4 Å². The van der Waals surface area contributed by atoms with Crippen molar-refractivity contribution in [2.24, 2.45) is 10.2 Å². The van der Waals surface area contributed by atoms with E-state index in [1.807, 2.05) is 31.2 Å². The van der Waals surface area contributed by atoms with Gasteiger partial charge in [0.25, 0.3) is 5.91 Å². The van der Waals surface area contributed by atoms with Crippen LogP contribution in [0.15, 0.2) is 58.8 Å². The smallest absolute Gasteiger partial charge is 0.251 e. The summed E-state index contributed by atoms with van der Waals surface area (Å²) in [5.74, 6) is 1.57. The normalized spacial score (nSPS) is 10.8. The summed E-state index contributed by atoms with van der Waals surface area (Å²) in [4.78, 5) is 12.0. The van der Waals surface area contributed by atoms with Gasteiger partial charge in [0, 0.05) is 12.1 Å². The van der Waals surface area contributed by atoms with Crippen LogP contribution in [-0.4, -0.2) is 24.8 Å². The zero-order chi connectivity index (χ0) is 17.9. The third kappa shape index (κ3) is 6.58. The highest BCUT2D eigenvalue weighted by Gasteiger charge is 2.04. The summed E-state index contributed by atoms with van der Waals surface area (Å²) < 4.78 is 5.39. The zero-order valence-corrected chi connectivity index (χ0v) is 15.2. The Balaban J connectivity index is 1.89. The number of thiol groups is 1. The first-order valence-corrected chi connectivity index (χ1v) is 9.00. The van der Waals surface area contributed by atoms with E-state index >= 15 is 0 Å². The molecule has 0 bridgehead atoms. The fourth-order valence-electron chi connectivity index (χ4n) is 2.11. The minimum Gasteiger partial charge on any atom is -0.494 e. The van der Waals surface area contributed by atoms with Crippen molar-refractivity contribution in [1.82, 2.24) is 5.32 Å². The first-order chi connectivity index (χ1) is 12.2. The number of rotatable bonds is 9. The molecular formula is C19H23N3O2S. The molecule has 132 valence electrons. The summed E-state index contributed by atoms with van der Waals surface area (Å²) in [5.41, 5.74) is 2.06.